The number of hydrogen-bond acceptors (Lipinski definition) is 3. The topological polar surface area (TPSA) is 62.3 Å². The van der Waals surface area contributed by atoms with Crippen molar-refractivity contribution in [3.05, 3.63) is 70.9 Å². The lowest BCUT2D eigenvalue weighted by molar-refractivity contribution is 0.0772. The van der Waals surface area contributed by atoms with E-state index in [9.17, 15) is 9.59 Å². The van der Waals surface area contributed by atoms with E-state index in [0.29, 0.717) is 35.6 Å². The largest absolute Gasteiger partial charge is 0.339 e. The molecule has 0 spiro atoms. The summed E-state index contributed by atoms with van der Waals surface area (Å²) in [4.78, 5) is 31.7. The zero-order valence-corrected chi connectivity index (χ0v) is 16.7. The Morgan fingerprint density at radius 3 is 2.46 bits per heavy atom. The van der Waals surface area contributed by atoms with Crippen molar-refractivity contribution in [3.8, 4) is 0 Å². The van der Waals surface area contributed by atoms with Gasteiger partial charge >= 0.3 is 0 Å². The van der Waals surface area contributed by atoms with Gasteiger partial charge in [-0.2, -0.15) is 0 Å². The van der Waals surface area contributed by atoms with E-state index in [0.717, 1.165) is 16.5 Å². The molecule has 0 bridgehead atoms. The van der Waals surface area contributed by atoms with E-state index in [1.807, 2.05) is 52.0 Å². The molecule has 5 nitrogen and oxygen atoms in total. The number of aromatic nitrogens is 1. The van der Waals surface area contributed by atoms with Crippen LogP contribution in [0.25, 0.3) is 10.9 Å². The van der Waals surface area contributed by atoms with Crippen molar-refractivity contribution in [3.63, 3.8) is 0 Å². The van der Waals surface area contributed by atoms with Crippen LogP contribution >= 0.6 is 0 Å². The van der Waals surface area contributed by atoms with E-state index < -0.39 is 0 Å². The first kappa shape index (κ1) is 19.5. The minimum atomic E-state index is -0.235. The number of pyridine rings is 1. The monoisotopic (exact) mass is 375 g/mol. The fourth-order valence-corrected chi connectivity index (χ4v) is 3.24. The molecule has 0 aliphatic heterocycles. The summed E-state index contributed by atoms with van der Waals surface area (Å²) in [5.41, 5.74) is 4.33. The van der Waals surface area contributed by atoms with Crippen LogP contribution in [0.1, 0.15) is 45.8 Å². The van der Waals surface area contributed by atoms with Crippen LogP contribution in [0.5, 0.6) is 0 Å². The van der Waals surface area contributed by atoms with E-state index >= 15 is 0 Å². The van der Waals surface area contributed by atoms with Gasteiger partial charge in [-0.05, 0) is 64.1 Å². The van der Waals surface area contributed by atoms with E-state index in [4.69, 9.17) is 0 Å². The molecule has 144 valence electrons. The van der Waals surface area contributed by atoms with Crippen LogP contribution in [0.4, 0.5) is 5.69 Å². The Bertz CT molecular complexity index is 1040. The molecule has 2 amide bonds. The Morgan fingerprint density at radius 2 is 1.75 bits per heavy atom. The van der Waals surface area contributed by atoms with Crippen molar-refractivity contribution in [1.82, 2.24) is 9.88 Å². The molecule has 3 aromatic rings. The molecule has 1 heterocycles. The Balaban J connectivity index is 1.87. The molecular weight excluding hydrogens is 350 g/mol. The summed E-state index contributed by atoms with van der Waals surface area (Å²) in [5.74, 6) is -0.277. The van der Waals surface area contributed by atoms with Crippen molar-refractivity contribution >= 4 is 28.4 Å². The van der Waals surface area contributed by atoms with Gasteiger partial charge in [-0.3, -0.25) is 14.6 Å². The number of carbonyl (C=O) groups is 2. The molecule has 1 aromatic heterocycles. The zero-order valence-electron chi connectivity index (χ0n) is 16.7. The molecule has 5 heteroatoms. The third-order valence-electron chi connectivity index (χ3n) is 4.82. The number of hydrogen-bond donors (Lipinski definition) is 1. The highest BCUT2D eigenvalue weighted by Gasteiger charge is 2.15. The molecule has 0 saturated heterocycles. The van der Waals surface area contributed by atoms with Crippen LogP contribution < -0.4 is 5.32 Å². The summed E-state index contributed by atoms with van der Waals surface area (Å²) in [6, 6.07) is 14.9. The molecule has 0 aliphatic carbocycles. The average Bonchev–Trinajstić information content (AvgIpc) is 2.68. The Labute approximate surface area is 165 Å². The lowest BCUT2D eigenvalue weighted by Crippen LogP contribution is -2.30. The second-order valence-electron chi connectivity index (χ2n) is 6.83. The van der Waals surface area contributed by atoms with E-state index in [1.54, 1.807) is 29.2 Å². The SMILES string of the molecule is CCN(CC)C(=O)c1cccc(NC(=O)c2cc3cc(C)ccc3nc2C)c1. The van der Waals surface area contributed by atoms with Gasteiger partial charge in [0.05, 0.1) is 16.8 Å². The second kappa shape index (κ2) is 8.21. The number of rotatable bonds is 5. The number of amides is 2. The Morgan fingerprint density at radius 1 is 1.00 bits per heavy atom. The van der Waals surface area contributed by atoms with Gasteiger partial charge in [0.2, 0.25) is 0 Å². The van der Waals surface area contributed by atoms with Crippen LogP contribution in [0.15, 0.2) is 48.5 Å². The summed E-state index contributed by atoms with van der Waals surface area (Å²) >= 11 is 0. The van der Waals surface area contributed by atoms with Crippen molar-refractivity contribution in [2.45, 2.75) is 27.7 Å². The van der Waals surface area contributed by atoms with Crippen molar-refractivity contribution in [1.29, 1.82) is 0 Å². The predicted molar refractivity (Wildman–Crippen MR) is 113 cm³/mol. The van der Waals surface area contributed by atoms with Crippen LogP contribution in [0.3, 0.4) is 0 Å². The molecule has 0 radical (unpaired) electrons. The molecular formula is C23H25N3O2. The number of carbonyl (C=O) groups excluding carboxylic acids is 2. The Hall–Kier alpha value is -3.21. The predicted octanol–water partition coefficient (Wildman–Crippen LogP) is 4.59. The van der Waals surface area contributed by atoms with Gasteiger partial charge in [0.1, 0.15) is 0 Å². The number of aryl methyl sites for hydroxylation is 2. The fourth-order valence-electron chi connectivity index (χ4n) is 3.24. The summed E-state index contributed by atoms with van der Waals surface area (Å²) in [7, 11) is 0. The molecule has 28 heavy (non-hydrogen) atoms. The molecule has 0 atom stereocenters. The number of benzene rings is 2. The first-order valence-electron chi connectivity index (χ1n) is 9.51. The maximum Gasteiger partial charge on any atom is 0.257 e. The van der Waals surface area contributed by atoms with E-state index in [2.05, 4.69) is 10.3 Å². The number of anilines is 1. The van der Waals surface area contributed by atoms with Gasteiger partial charge in [0.25, 0.3) is 11.8 Å². The minimum absolute atomic E-state index is 0.0415. The normalized spacial score (nSPS) is 10.7. The summed E-state index contributed by atoms with van der Waals surface area (Å²) in [6.45, 7) is 9.03. The summed E-state index contributed by atoms with van der Waals surface area (Å²) < 4.78 is 0. The molecule has 0 fully saturated rings. The lowest BCUT2D eigenvalue weighted by Gasteiger charge is -2.19. The smallest absolute Gasteiger partial charge is 0.257 e. The van der Waals surface area contributed by atoms with E-state index in [1.165, 1.54) is 0 Å². The van der Waals surface area contributed by atoms with Crippen LogP contribution in [-0.2, 0) is 0 Å². The maximum atomic E-state index is 12.8. The zero-order chi connectivity index (χ0) is 20.3. The fraction of sp³-hybridized carbons (Fsp3) is 0.261. The first-order chi connectivity index (χ1) is 13.4. The highest BCUT2D eigenvalue weighted by Crippen LogP contribution is 2.20. The van der Waals surface area contributed by atoms with Crippen LogP contribution in [0, 0.1) is 13.8 Å². The third-order valence-corrected chi connectivity index (χ3v) is 4.82. The summed E-state index contributed by atoms with van der Waals surface area (Å²) in [5, 5.41) is 3.83. The lowest BCUT2D eigenvalue weighted by atomic mass is 10.1. The van der Waals surface area contributed by atoms with Gasteiger partial charge in [-0.25, -0.2) is 0 Å². The van der Waals surface area contributed by atoms with Gasteiger partial charge in [0.15, 0.2) is 0 Å². The van der Waals surface area contributed by atoms with Gasteiger partial charge in [-0.1, -0.05) is 17.7 Å². The van der Waals surface area contributed by atoms with Crippen LogP contribution in [-0.4, -0.2) is 34.8 Å². The molecule has 2 aromatic carbocycles. The first-order valence-corrected chi connectivity index (χ1v) is 9.51. The molecule has 0 unspecified atom stereocenters. The molecule has 0 saturated carbocycles. The van der Waals surface area contributed by atoms with Crippen molar-refractivity contribution in [2.75, 3.05) is 18.4 Å². The van der Waals surface area contributed by atoms with Crippen LogP contribution in [0.2, 0.25) is 0 Å². The van der Waals surface area contributed by atoms with Gasteiger partial charge in [-0.15, -0.1) is 0 Å². The van der Waals surface area contributed by atoms with Crippen molar-refractivity contribution < 1.29 is 9.59 Å². The standard InChI is InChI=1S/C23H25N3O2/c1-5-26(6-2)23(28)17-8-7-9-19(13-17)25-22(27)20-14-18-12-15(3)10-11-21(18)24-16(20)4/h7-14H,5-6H2,1-4H3,(H,25,27). The molecule has 0 aliphatic rings. The van der Waals surface area contributed by atoms with Crippen molar-refractivity contribution in [2.24, 2.45) is 0 Å². The highest BCUT2D eigenvalue weighted by molar-refractivity contribution is 6.07. The number of nitrogens with zero attached hydrogens (tertiary/aromatic N) is 2. The van der Waals surface area contributed by atoms with E-state index in [-0.39, 0.29) is 11.8 Å². The average molecular weight is 375 g/mol. The number of fused-ring (bicyclic) bond motifs is 1. The summed E-state index contributed by atoms with van der Waals surface area (Å²) in [6.07, 6.45) is 0. The second-order valence-corrected chi connectivity index (χ2v) is 6.83. The van der Waals surface area contributed by atoms with Gasteiger partial charge in [0, 0.05) is 29.7 Å². The quantitative estimate of drug-likeness (QED) is 0.710. The Kier molecular flexibility index (Phi) is 5.73. The minimum Gasteiger partial charge on any atom is -0.339 e. The third kappa shape index (κ3) is 4.03. The highest BCUT2D eigenvalue weighted by atomic mass is 16.2. The molecule has 3 rings (SSSR count). The number of nitrogens with one attached hydrogen (secondary N) is 1. The molecule has 1 N–H and O–H groups in total. The van der Waals surface area contributed by atoms with Gasteiger partial charge < -0.3 is 10.2 Å². The maximum absolute atomic E-state index is 12.8.